The average Bonchev–Trinajstić information content (AvgIpc) is 3.98. The molecule has 6 heterocycles. The molecule has 5 aromatic rings. The Morgan fingerprint density at radius 2 is 1.94 bits per heavy atom. The summed E-state index contributed by atoms with van der Waals surface area (Å²) in [6, 6.07) is 8.83. The number of aromatic nitrogens is 9. The van der Waals surface area contributed by atoms with Gasteiger partial charge < -0.3 is 28.8 Å². The molecule has 4 aromatic heterocycles. The van der Waals surface area contributed by atoms with Crippen LogP contribution in [0, 0.1) is 11.3 Å². The van der Waals surface area contributed by atoms with E-state index in [-0.39, 0.29) is 18.8 Å². The number of hydrogen-bond acceptors (Lipinski definition) is 14. The molecule has 2 atom stereocenters. The van der Waals surface area contributed by atoms with Gasteiger partial charge in [-0.25, -0.2) is 19.6 Å². The number of benzene rings is 1. The van der Waals surface area contributed by atoms with Crippen LogP contribution in [0.2, 0.25) is 0 Å². The fraction of sp³-hybridized carbons (Fsp3) is 0.394. The highest BCUT2D eigenvalue weighted by Gasteiger charge is 2.38. The van der Waals surface area contributed by atoms with Gasteiger partial charge in [-0.15, -0.1) is 10.2 Å². The molecule has 0 spiro atoms. The van der Waals surface area contributed by atoms with Gasteiger partial charge in [0.15, 0.2) is 6.61 Å². The number of tetrazole rings is 1. The predicted octanol–water partition coefficient (Wildman–Crippen LogP) is 4.41. The molecular formula is C33H34N12O4. The summed E-state index contributed by atoms with van der Waals surface area (Å²) in [4.78, 5) is 15.8. The largest absolute Gasteiger partial charge is 0.494 e. The van der Waals surface area contributed by atoms with Crippen LogP contribution >= 0.6 is 0 Å². The molecule has 2 fully saturated rings. The number of fused-ring (bicyclic) bond motifs is 2. The van der Waals surface area contributed by atoms with Crippen molar-refractivity contribution >= 4 is 11.6 Å². The minimum absolute atomic E-state index is 0.135. The van der Waals surface area contributed by atoms with Crippen LogP contribution in [0.25, 0.3) is 11.1 Å². The molecule has 1 saturated heterocycles. The molecule has 1 aromatic carbocycles. The zero-order valence-corrected chi connectivity index (χ0v) is 26.8. The Kier molecular flexibility index (Phi) is 8.22. The summed E-state index contributed by atoms with van der Waals surface area (Å²) in [6.45, 7) is 3.26. The van der Waals surface area contributed by atoms with E-state index < -0.39 is 0 Å². The van der Waals surface area contributed by atoms with E-state index >= 15 is 0 Å². The number of hydrogen-bond donors (Lipinski definition) is 1. The van der Waals surface area contributed by atoms with Crippen molar-refractivity contribution in [2.75, 3.05) is 11.9 Å². The lowest BCUT2D eigenvalue weighted by atomic mass is 9.90. The Hall–Kier alpha value is -5.98. The van der Waals surface area contributed by atoms with Crippen LogP contribution in [0.5, 0.6) is 11.6 Å². The SMILES string of the molecule is C[C@@H](Cn1cnnn1)Oc1cc(-c2cnc(Nc3cn([C@H]4CC[C@H](N5C=C6C[C@@H]5CO6)CC4)nc3OCc3ncco3)nc2)ccc1C#N. The number of nitrogens with one attached hydrogen (secondary N) is 1. The van der Waals surface area contributed by atoms with Crippen LogP contribution in [-0.4, -0.2) is 74.6 Å². The van der Waals surface area contributed by atoms with Crippen molar-refractivity contribution in [3.8, 4) is 28.8 Å². The molecule has 2 aliphatic heterocycles. The lowest BCUT2D eigenvalue weighted by molar-refractivity contribution is 0.106. The van der Waals surface area contributed by atoms with Gasteiger partial charge in [0.2, 0.25) is 11.8 Å². The molecule has 2 bridgehead atoms. The van der Waals surface area contributed by atoms with Crippen molar-refractivity contribution in [1.82, 2.24) is 49.8 Å². The van der Waals surface area contributed by atoms with Crippen molar-refractivity contribution in [1.29, 1.82) is 5.26 Å². The van der Waals surface area contributed by atoms with E-state index in [1.807, 2.05) is 29.9 Å². The molecular weight excluding hydrogens is 628 g/mol. The van der Waals surface area contributed by atoms with Crippen molar-refractivity contribution in [3.05, 3.63) is 79.0 Å². The molecule has 250 valence electrons. The zero-order chi connectivity index (χ0) is 33.2. The smallest absolute Gasteiger partial charge is 0.257 e. The van der Waals surface area contributed by atoms with Crippen LogP contribution in [0.15, 0.2) is 72.0 Å². The maximum Gasteiger partial charge on any atom is 0.257 e. The van der Waals surface area contributed by atoms with Gasteiger partial charge in [-0.1, -0.05) is 6.07 Å². The van der Waals surface area contributed by atoms with Crippen LogP contribution in [0.3, 0.4) is 0 Å². The van der Waals surface area contributed by atoms with Gasteiger partial charge in [-0.05, 0) is 60.7 Å². The third-order valence-electron chi connectivity index (χ3n) is 9.09. The van der Waals surface area contributed by atoms with Crippen LogP contribution in [0.4, 0.5) is 11.6 Å². The minimum atomic E-state index is -0.280. The Balaban J connectivity index is 0.964. The molecule has 0 radical (unpaired) electrons. The second-order valence-corrected chi connectivity index (χ2v) is 12.4. The predicted molar refractivity (Wildman–Crippen MR) is 172 cm³/mol. The van der Waals surface area contributed by atoms with E-state index in [2.05, 4.69) is 53.0 Å². The Morgan fingerprint density at radius 3 is 2.65 bits per heavy atom. The monoisotopic (exact) mass is 662 g/mol. The fourth-order valence-corrected chi connectivity index (χ4v) is 6.68. The van der Waals surface area contributed by atoms with E-state index in [9.17, 15) is 5.26 Å². The van der Waals surface area contributed by atoms with Crippen molar-refractivity contribution < 1.29 is 18.6 Å². The van der Waals surface area contributed by atoms with Crippen molar-refractivity contribution in [2.45, 2.75) is 76.4 Å². The summed E-state index contributed by atoms with van der Waals surface area (Å²) in [5.74, 6) is 2.83. The van der Waals surface area contributed by atoms with E-state index in [1.54, 1.807) is 29.3 Å². The Morgan fingerprint density at radius 1 is 1.08 bits per heavy atom. The summed E-state index contributed by atoms with van der Waals surface area (Å²) in [7, 11) is 0. The molecule has 16 heteroatoms. The average molecular weight is 663 g/mol. The third kappa shape index (κ3) is 6.59. The van der Waals surface area contributed by atoms with Gasteiger partial charge in [-0.2, -0.15) is 5.26 Å². The number of ether oxygens (including phenoxy) is 3. The van der Waals surface area contributed by atoms with E-state index in [0.717, 1.165) is 55.6 Å². The number of nitriles is 1. The maximum absolute atomic E-state index is 9.67. The Labute approximate surface area is 281 Å². The normalized spacial score (nSPS) is 20.4. The molecule has 3 aliphatic rings. The topological polar surface area (TPSA) is 180 Å². The lowest BCUT2D eigenvalue weighted by Gasteiger charge is -2.38. The van der Waals surface area contributed by atoms with Crippen LogP contribution < -0.4 is 14.8 Å². The highest BCUT2D eigenvalue weighted by molar-refractivity contribution is 5.67. The standard InChI is InChI=1S/C33H34N12O4/c1-21(15-43-20-38-41-42-43)49-30-10-22(2-3-23(30)12-34)24-13-36-33(37-14-24)39-29-17-45(40-32(29)48-19-31-35-8-9-46-31)26-6-4-25(5-7-26)44-16-28-11-27(44)18-47-28/h2-3,8-10,13-14,16-17,20-21,25-27H,4-7,11,15,18-19H2,1H3,(H,36,37,39)/t21-,25-,26-,27+/m0/s1. The van der Waals surface area contributed by atoms with Gasteiger partial charge >= 0.3 is 0 Å². The van der Waals surface area contributed by atoms with Gasteiger partial charge in [0.05, 0.1) is 36.6 Å². The summed E-state index contributed by atoms with van der Waals surface area (Å²) >= 11 is 0. The molecule has 16 nitrogen and oxygen atoms in total. The number of rotatable bonds is 12. The first-order chi connectivity index (χ1) is 24.1. The molecule has 0 unspecified atom stereocenters. The lowest BCUT2D eigenvalue weighted by Crippen LogP contribution is -2.41. The van der Waals surface area contributed by atoms with E-state index in [4.69, 9.17) is 23.7 Å². The minimum Gasteiger partial charge on any atom is -0.494 e. The second kappa shape index (κ2) is 13.3. The highest BCUT2D eigenvalue weighted by Crippen LogP contribution is 2.39. The van der Waals surface area contributed by atoms with Gasteiger partial charge in [-0.3, -0.25) is 4.68 Å². The first-order valence-electron chi connectivity index (χ1n) is 16.3. The maximum atomic E-state index is 9.67. The summed E-state index contributed by atoms with van der Waals surface area (Å²) in [5, 5.41) is 29.0. The van der Waals surface area contributed by atoms with Crippen LogP contribution in [-0.2, 0) is 17.9 Å². The number of anilines is 2. The van der Waals surface area contributed by atoms with Gasteiger partial charge in [0, 0.05) is 36.6 Å². The first-order valence-corrected chi connectivity index (χ1v) is 16.3. The third-order valence-corrected chi connectivity index (χ3v) is 9.09. The summed E-state index contributed by atoms with van der Waals surface area (Å²) in [6.07, 6.45) is 17.2. The molecule has 8 rings (SSSR count). The van der Waals surface area contributed by atoms with Crippen molar-refractivity contribution in [3.63, 3.8) is 0 Å². The first kappa shape index (κ1) is 30.4. The summed E-state index contributed by atoms with van der Waals surface area (Å²) in [5.41, 5.74) is 2.63. The zero-order valence-electron chi connectivity index (χ0n) is 26.8. The Bertz CT molecular complexity index is 1940. The number of nitrogens with zero attached hydrogens (tertiary/aromatic N) is 11. The van der Waals surface area contributed by atoms with Gasteiger partial charge in [0.1, 0.15) is 48.6 Å². The van der Waals surface area contributed by atoms with E-state index in [0.29, 0.717) is 53.3 Å². The molecule has 49 heavy (non-hydrogen) atoms. The van der Waals surface area contributed by atoms with Crippen LogP contribution in [0.1, 0.15) is 56.5 Å². The quantitative estimate of drug-likeness (QED) is 0.198. The van der Waals surface area contributed by atoms with Crippen molar-refractivity contribution in [2.24, 2.45) is 0 Å². The van der Waals surface area contributed by atoms with E-state index in [1.165, 1.54) is 12.6 Å². The van der Waals surface area contributed by atoms with Gasteiger partial charge in [0.25, 0.3) is 5.88 Å². The fourth-order valence-electron chi connectivity index (χ4n) is 6.68. The molecule has 1 N–H and O–H groups in total. The molecule has 1 aliphatic carbocycles. The highest BCUT2D eigenvalue weighted by atomic mass is 16.5. The molecule has 0 amide bonds. The summed E-state index contributed by atoms with van der Waals surface area (Å²) < 4.78 is 26.8. The number of oxazole rings is 1. The second-order valence-electron chi connectivity index (χ2n) is 12.4. The molecule has 1 saturated carbocycles.